The highest BCUT2D eigenvalue weighted by Crippen LogP contribution is 2.12. The molecule has 0 aliphatic heterocycles. The number of amides is 1. The molecule has 0 radical (unpaired) electrons. The largest absolute Gasteiger partial charge is 0.341 e. The fourth-order valence-electron chi connectivity index (χ4n) is 1.41. The SMILES string of the molecule is CCC(NC(=O)c1ccc(Cl)cn1)c1nn[nH]n1. The number of pyridine rings is 1. The zero-order chi connectivity index (χ0) is 13.0. The molecule has 2 aromatic rings. The molecule has 0 aliphatic rings. The maximum absolute atomic E-state index is 11.9. The highest BCUT2D eigenvalue weighted by molar-refractivity contribution is 6.30. The van der Waals surface area contributed by atoms with Gasteiger partial charge in [0.25, 0.3) is 5.91 Å². The summed E-state index contributed by atoms with van der Waals surface area (Å²) in [5.41, 5.74) is 0.293. The van der Waals surface area contributed by atoms with Gasteiger partial charge in [-0.25, -0.2) is 4.98 Å². The standard InChI is InChI=1S/C10H11ClN6O/c1-2-7(9-14-16-17-15-9)13-10(18)8-4-3-6(11)5-12-8/h3-5,7H,2H2,1H3,(H,13,18)(H,14,15,16,17). The van der Waals surface area contributed by atoms with E-state index in [0.717, 1.165) is 0 Å². The van der Waals surface area contributed by atoms with Crippen LogP contribution in [-0.4, -0.2) is 31.5 Å². The van der Waals surface area contributed by atoms with Gasteiger partial charge >= 0.3 is 0 Å². The lowest BCUT2D eigenvalue weighted by molar-refractivity contribution is 0.0928. The van der Waals surface area contributed by atoms with E-state index in [4.69, 9.17) is 11.6 Å². The van der Waals surface area contributed by atoms with E-state index in [9.17, 15) is 4.79 Å². The third kappa shape index (κ3) is 2.80. The quantitative estimate of drug-likeness (QED) is 0.865. The molecule has 1 atom stereocenters. The number of nitrogens with one attached hydrogen (secondary N) is 2. The predicted octanol–water partition coefficient (Wildman–Crippen LogP) is 1.13. The molecule has 0 spiro atoms. The second kappa shape index (κ2) is 5.54. The number of carbonyl (C=O) groups excluding carboxylic acids is 1. The number of nitrogens with zero attached hydrogens (tertiary/aromatic N) is 4. The number of rotatable bonds is 4. The molecule has 8 heteroatoms. The first-order valence-corrected chi connectivity index (χ1v) is 5.74. The van der Waals surface area contributed by atoms with E-state index in [1.807, 2.05) is 6.92 Å². The molecule has 0 aliphatic carbocycles. The van der Waals surface area contributed by atoms with Crippen LogP contribution in [0.25, 0.3) is 0 Å². The monoisotopic (exact) mass is 266 g/mol. The van der Waals surface area contributed by atoms with Gasteiger partial charge in [0.1, 0.15) is 5.69 Å². The molecule has 2 aromatic heterocycles. The molecule has 0 fully saturated rings. The van der Waals surface area contributed by atoms with Gasteiger partial charge in [-0.3, -0.25) is 4.79 Å². The summed E-state index contributed by atoms with van der Waals surface area (Å²) in [6.07, 6.45) is 2.07. The van der Waals surface area contributed by atoms with Crippen molar-refractivity contribution in [1.29, 1.82) is 0 Å². The van der Waals surface area contributed by atoms with Crippen molar-refractivity contribution < 1.29 is 4.79 Å². The van der Waals surface area contributed by atoms with Crippen LogP contribution in [0.3, 0.4) is 0 Å². The summed E-state index contributed by atoms with van der Waals surface area (Å²) in [7, 11) is 0. The molecule has 94 valence electrons. The summed E-state index contributed by atoms with van der Waals surface area (Å²) in [6.45, 7) is 1.91. The minimum Gasteiger partial charge on any atom is -0.341 e. The third-order valence-corrected chi connectivity index (χ3v) is 2.57. The smallest absolute Gasteiger partial charge is 0.270 e. The minimum absolute atomic E-state index is 0.293. The fraction of sp³-hybridized carbons (Fsp3) is 0.300. The van der Waals surface area contributed by atoms with Crippen LogP contribution < -0.4 is 5.32 Å². The maximum atomic E-state index is 11.9. The number of hydrogen-bond donors (Lipinski definition) is 2. The second-order valence-corrected chi connectivity index (χ2v) is 4.00. The Balaban J connectivity index is 2.08. The van der Waals surface area contributed by atoms with E-state index in [2.05, 4.69) is 30.9 Å². The maximum Gasteiger partial charge on any atom is 0.270 e. The average molecular weight is 267 g/mol. The molecule has 2 heterocycles. The molecular weight excluding hydrogens is 256 g/mol. The number of hydrogen-bond acceptors (Lipinski definition) is 5. The lowest BCUT2D eigenvalue weighted by Gasteiger charge is -2.12. The molecule has 0 saturated carbocycles. The van der Waals surface area contributed by atoms with Gasteiger partial charge < -0.3 is 5.32 Å². The van der Waals surface area contributed by atoms with E-state index in [1.165, 1.54) is 6.20 Å². The Morgan fingerprint density at radius 2 is 2.39 bits per heavy atom. The Labute approximate surface area is 108 Å². The van der Waals surface area contributed by atoms with Gasteiger partial charge in [0.15, 0.2) is 5.82 Å². The molecule has 0 bridgehead atoms. The summed E-state index contributed by atoms with van der Waals surface area (Å²) in [5, 5.41) is 16.8. The summed E-state index contributed by atoms with van der Waals surface area (Å²) < 4.78 is 0. The number of carbonyl (C=O) groups is 1. The summed E-state index contributed by atoms with van der Waals surface area (Å²) in [4.78, 5) is 15.9. The number of H-pyrrole nitrogens is 1. The summed E-state index contributed by atoms with van der Waals surface area (Å²) in [6, 6.07) is 2.87. The molecule has 7 nitrogen and oxygen atoms in total. The number of tetrazole rings is 1. The van der Waals surface area contributed by atoms with Crippen LogP contribution in [0.5, 0.6) is 0 Å². The van der Waals surface area contributed by atoms with Gasteiger partial charge in [-0.2, -0.15) is 5.21 Å². The van der Waals surface area contributed by atoms with E-state index < -0.39 is 0 Å². The van der Waals surface area contributed by atoms with Crippen LogP contribution in [-0.2, 0) is 0 Å². The Morgan fingerprint density at radius 3 is 2.94 bits per heavy atom. The molecular formula is C10H11ClN6O. The van der Waals surface area contributed by atoms with Crippen LogP contribution in [0.1, 0.15) is 35.7 Å². The fourth-order valence-corrected chi connectivity index (χ4v) is 1.52. The van der Waals surface area contributed by atoms with Gasteiger partial charge in [-0.05, 0) is 18.6 Å². The second-order valence-electron chi connectivity index (χ2n) is 3.57. The third-order valence-electron chi connectivity index (χ3n) is 2.35. The normalized spacial score (nSPS) is 12.1. The molecule has 1 amide bonds. The number of aromatic amines is 1. The molecule has 0 saturated heterocycles. The first-order chi connectivity index (χ1) is 8.70. The van der Waals surface area contributed by atoms with Crippen molar-refractivity contribution in [2.24, 2.45) is 0 Å². The zero-order valence-electron chi connectivity index (χ0n) is 9.59. The lowest BCUT2D eigenvalue weighted by Crippen LogP contribution is -2.29. The van der Waals surface area contributed by atoms with Gasteiger partial charge in [0.05, 0.1) is 11.1 Å². The van der Waals surface area contributed by atoms with Crippen LogP contribution in [0.4, 0.5) is 0 Å². The van der Waals surface area contributed by atoms with Crippen molar-refractivity contribution in [3.8, 4) is 0 Å². The van der Waals surface area contributed by atoms with Gasteiger partial charge in [0.2, 0.25) is 0 Å². The van der Waals surface area contributed by atoms with Crippen molar-refractivity contribution in [3.05, 3.63) is 34.9 Å². The molecule has 2 N–H and O–H groups in total. The van der Waals surface area contributed by atoms with Crippen LogP contribution >= 0.6 is 11.6 Å². The Kier molecular flexibility index (Phi) is 3.83. The molecule has 18 heavy (non-hydrogen) atoms. The van der Waals surface area contributed by atoms with Crippen LogP contribution in [0.15, 0.2) is 18.3 Å². The molecule has 0 aromatic carbocycles. The van der Waals surface area contributed by atoms with Crippen molar-refractivity contribution in [1.82, 2.24) is 30.9 Å². The van der Waals surface area contributed by atoms with Gasteiger partial charge in [-0.15, -0.1) is 10.2 Å². The van der Waals surface area contributed by atoms with Crippen LogP contribution in [0, 0.1) is 0 Å². The Hall–Kier alpha value is -2.02. The average Bonchev–Trinajstić information content (AvgIpc) is 2.90. The highest BCUT2D eigenvalue weighted by Gasteiger charge is 2.18. The summed E-state index contributed by atoms with van der Waals surface area (Å²) >= 11 is 5.70. The minimum atomic E-state index is -0.302. The predicted molar refractivity (Wildman–Crippen MR) is 63.9 cm³/mol. The van der Waals surface area contributed by atoms with Crippen molar-refractivity contribution in [2.45, 2.75) is 19.4 Å². The van der Waals surface area contributed by atoms with E-state index in [0.29, 0.717) is 23.0 Å². The van der Waals surface area contributed by atoms with E-state index >= 15 is 0 Å². The Morgan fingerprint density at radius 1 is 1.56 bits per heavy atom. The topological polar surface area (TPSA) is 96.5 Å². The highest BCUT2D eigenvalue weighted by atomic mass is 35.5. The van der Waals surface area contributed by atoms with Crippen molar-refractivity contribution in [3.63, 3.8) is 0 Å². The molecule has 1 unspecified atom stereocenters. The van der Waals surface area contributed by atoms with Crippen LogP contribution in [0.2, 0.25) is 5.02 Å². The zero-order valence-corrected chi connectivity index (χ0v) is 10.3. The Bertz CT molecular complexity index is 512. The van der Waals surface area contributed by atoms with Crippen molar-refractivity contribution >= 4 is 17.5 Å². The first-order valence-electron chi connectivity index (χ1n) is 5.36. The summed E-state index contributed by atoms with van der Waals surface area (Å²) in [5.74, 6) is 0.142. The van der Waals surface area contributed by atoms with Crippen molar-refractivity contribution in [2.75, 3.05) is 0 Å². The van der Waals surface area contributed by atoms with E-state index in [-0.39, 0.29) is 11.9 Å². The number of halogens is 1. The lowest BCUT2D eigenvalue weighted by atomic mass is 10.2. The first kappa shape index (κ1) is 12.4. The number of aromatic nitrogens is 5. The van der Waals surface area contributed by atoms with Gasteiger partial charge in [0, 0.05) is 6.20 Å². The van der Waals surface area contributed by atoms with Gasteiger partial charge in [-0.1, -0.05) is 23.7 Å². The van der Waals surface area contributed by atoms with E-state index in [1.54, 1.807) is 12.1 Å². The molecule has 2 rings (SSSR count).